The number of benzene rings is 1. The Morgan fingerprint density at radius 2 is 2.20 bits per heavy atom. The number of hydrogen-bond acceptors (Lipinski definition) is 1. The van der Waals surface area contributed by atoms with Crippen molar-refractivity contribution in [3.05, 3.63) is 34.9 Å². The molecular weight excluding hydrogens is 182 g/mol. The zero-order valence-corrected chi connectivity index (χ0v) is 9.79. The van der Waals surface area contributed by atoms with Crippen LogP contribution < -0.4 is 5.73 Å². The summed E-state index contributed by atoms with van der Waals surface area (Å²) in [7, 11) is 0. The van der Waals surface area contributed by atoms with Crippen molar-refractivity contribution in [1.82, 2.24) is 0 Å². The minimum Gasteiger partial charge on any atom is -0.330 e. The highest BCUT2D eigenvalue weighted by Gasteiger charge is 2.21. The highest BCUT2D eigenvalue weighted by molar-refractivity contribution is 5.39. The molecule has 1 aliphatic carbocycles. The van der Waals surface area contributed by atoms with Gasteiger partial charge in [-0.3, -0.25) is 0 Å². The first-order valence-electron chi connectivity index (χ1n) is 6.05. The van der Waals surface area contributed by atoms with Crippen molar-refractivity contribution >= 4 is 0 Å². The molecule has 82 valence electrons. The van der Waals surface area contributed by atoms with Crippen LogP contribution in [0.1, 0.15) is 55.2 Å². The Morgan fingerprint density at radius 3 is 2.87 bits per heavy atom. The van der Waals surface area contributed by atoms with Crippen molar-refractivity contribution in [3.63, 3.8) is 0 Å². The summed E-state index contributed by atoms with van der Waals surface area (Å²) in [5.41, 5.74) is 10.2. The van der Waals surface area contributed by atoms with E-state index < -0.39 is 0 Å². The van der Waals surface area contributed by atoms with Crippen molar-refractivity contribution in [3.8, 4) is 0 Å². The fraction of sp³-hybridized carbons (Fsp3) is 0.571. The molecular formula is C14H21N. The van der Waals surface area contributed by atoms with E-state index in [0.29, 0.717) is 5.92 Å². The Morgan fingerprint density at radius 1 is 1.40 bits per heavy atom. The summed E-state index contributed by atoms with van der Waals surface area (Å²) in [6.45, 7) is 5.33. The molecule has 0 spiro atoms. The topological polar surface area (TPSA) is 26.0 Å². The third-order valence-corrected chi connectivity index (χ3v) is 3.55. The molecule has 1 nitrogen and oxygen atoms in total. The van der Waals surface area contributed by atoms with Crippen molar-refractivity contribution in [2.45, 2.75) is 44.9 Å². The lowest BCUT2D eigenvalue weighted by atomic mass is 9.94. The highest BCUT2D eigenvalue weighted by Crippen LogP contribution is 2.36. The molecule has 1 unspecified atom stereocenters. The van der Waals surface area contributed by atoms with Gasteiger partial charge in [0.1, 0.15) is 0 Å². The molecule has 1 atom stereocenters. The molecule has 1 heteroatoms. The molecule has 1 aromatic carbocycles. The maximum absolute atomic E-state index is 5.64. The molecule has 1 aromatic rings. The lowest BCUT2D eigenvalue weighted by Crippen LogP contribution is -2.04. The second-order valence-corrected chi connectivity index (χ2v) is 4.93. The van der Waals surface area contributed by atoms with Gasteiger partial charge in [0, 0.05) is 0 Å². The first-order valence-corrected chi connectivity index (χ1v) is 6.05. The van der Waals surface area contributed by atoms with Gasteiger partial charge < -0.3 is 5.73 Å². The number of rotatable bonds is 3. The third-order valence-electron chi connectivity index (χ3n) is 3.55. The van der Waals surface area contributed by atoms with Gasteiger partial charge in [0.15, 0.2) is 0 Å². The van der Waals surface area contributed by atoms with Crippen LogP contribution in [0.15, 0.2) is 18.2 Å². The SMILES string of the molecule is CC(C)c1ccc2c(c1)CCC2CCN. The Kier molecular flexibility index (Phi) is 3.11. The smallest absolute Gasteiger partial charge is 0.00714 e. The summed E-state index contributed by atoms with van der Waals surface area (Å²) in [5, 5.41) is 0. The lowest BCUT2D eigenvalue weighted by molar-refractivity contribution is 0.627. The summed E-state index contributed by atoms with van der Waals surface area (Å²) < 4.78 is 0. The minimum atomic E-state index is 0.642. The van der Waals surface area contributed by atoms with Crippen LogP contribution >= 0.6 is 0 Å². The molecule has 2 rings (SSSR count). The van der Waals surface area contributed by atoms with Crippen LogP contribution in [0.25, 0.3) is 0 Å². The molecule has 2 N–H and O–H groups in total. The van der Waals surface area contributed by atoms with Crippen LogP contribution in [0.4, 0.5) is 0 Å². The average Bonchev–Trinajstić information content (AvgIpc) is 2.61. The van der Waals surface area contributed by atoms with Gasteiger partial charge in [-0.25, -0.2) is 0 Å². The van der Waals surface area contributed by atoms with E-state index in [0.717, 1.165) is 18.9 Å². The van der Waals surface area contributed by atoms with Gasteiger partial charge in [-0.1, -0.05) is 32.0 Å². The summed E-state index contributed by atoms with van der Waals surface area (Å²) in [6, 6.07) is 7.02. The second-order valence-electron chi connectivity index (χ2n) is 4.93. The maximum atomic E-state index is 5.64. The van der Waals surface area contributed by atoms with Crippen LogP contribution in [-0.2, 0) is 6.42 Å². The lowest BCUT2D eigenvalue weighted by Gasteiger charge is -2.12. The van der Waals surface area contributed by atoms with E-state index in [9.17, 15) is 0 Å². The number of hydrogen-bond donors (Lipinski definition) is 1. The fourth-order valence-electron chi connectivity index (χ4n) is 2.59. The predicted molar refractivity (Wildman–Crippen MR) is 65.3 cm³/mol. The minimum absolute atomic E-state index is 0.642. The Balaban J connectivity index is 2.25. The normalized spacial score (nSPS) is 19.6. The fourth-order valence-corrected chi connectivity index (χ4v) is 2.59. The summed E-state index contributed by atoms with van der Waals surface area (Å²) in [6.07, 6.45) is 3.70. The molecule has 0 radical (unpaired) electrons. The molecule has 0 amide bonds. The first-order chi connectivity index (χ1) is 7.22. The summed E-state index contributed by atoms with van der Waals surface area (Å²) in [4.78, 5) is 0. The highest BCUT2D eigenvalue weighted by atomic mass is 14.5. The van der Waals surface area contributed by atoms with Gasteiger partial charge in [0.25, 0.3) is 0 Å². The summed E-state index contributed by atoms with van der Waals surface area (Å²) >= 11 is 0. The number of nitrogens with two attached hydrogens (primary N) is 1. The van der Waals surface area contributed by atoms with Gasteiger partial charge in [0.2, 0.25) is 0 Å². The van der Waals surface area contributed by atoms with E-state index in [-0.39, 0.29) is 0 Å². The Bertz CT molecular complexity index is 341. The van der Waals surface area contributed by atoms with Crippen LogP contribution in [0.2, 0.25) is 0 Å². The zero-order valence-electron chi connectivity index (χ0n) is 9.79. The van der Waals surface area contributed by atoms with Crippen molar-refractivity contribution < 1.29 is 0 Å². The molecule has 0 saturated carbocycles. The van der Waals surface area contributed by atoms with E-state index in [1.54, 1.807) is 11.1 Å². The molecule has 0 saturated heterocycles. The average molecular weight is 203 g/mol. The molecule has 1 aliphatic rings. The standard InChI is InChI=1S/C14H21N/c1-10(2)12-5-6-14-11(7-8-15)3-4-13(14)9-12/h5-6,9-11H,3-4,7-8,15H2,1-2H3. The van der Waals surface area contributed by atoms with Gasteiger partial charge >= 0.3 is 0 Å². The monoisotopic (exact) mass is 203 g/mol. The maximum Gasteiger partial charge on any atom is -0.00714 e. The van der Waals surface area contributed by atoms with Gasteiger partial charge in [-0.05, 0) is 54.3 Å². The van der Waals surface area contributed by atoms with E-state index >= 15 is 0 Å². The van der Waals surface area contributed by atoms with Crippen LogP contribution in [0.3, 0.4) is 0 Å². The Labute approximate surface area is 92.7 Å². The van der Waals surface area contributed by atoms with E-state index in [2.05, 4.69) is 32.0 Å². The third kappa shape index (κ3) is 2.07. The zero-order chi connectivity index (χ0) is 10.8. The van der Waals surface area contributed by atoms with Crippen molar-refractivity contribution in [2.24, 2.45) is 5.73 Å². The Hall–Kier alpha value is -0.820. The van der Waals surface area contributed by atoms with Crippen LogP contribution in [0.5, 0.6) is 0 Å². The van der Waals surface area contributed by atoms with Crippen molar-refractivity contribution in [2.75, 3.05) is 6.54 Å². The molecule has 0 aromatic heterocycles. The van der Waals surface area contributed by atoms with E-state index in [1.165, 1.54) is 18.4 Å². The van der Waals surface area contributed by atoms with Gasteiger partial charge in [-0.2, -0.15) is 0 Å². The number of fused-ring (bicyclic) bond motifs is 1. The molecule has 0 fully saturated rings. The van der Waals surface area contributed by atoms with E-state index in [1.807, 2.05) is 0 Å². The second kappa shape index (κ2) is 4.36. The molecule has 15 heavy (non-hydrogen) atoms. The van der Waals surface area contributed by atoms with E-state index in [4.69, 9.17) is 5.73 Å². The van der Waals surface area contributed by atoms with Gasteiger partial charge in [-0.15, -0.1) is 0 Å². The molecule has 0 heterocycles. The number of aryl methyl sites for hydroxylation is 1. The van der Waals surface area contributed by atoms with Crippen LogP contribution in [-0.4, -0.2) is 6.54 Å². The van der Waals surface area contributed by atoms with Crippen molar-refractivity contribution in [1.29, 1.82) is 0 Å². The van der Waals surface area contributed by atoms with Crippen LogP contribution in [0, 0.1) is 0 Å². The molecule has 0 bridgehead atoms. The van der Waals surface area contributed by atoms with Gasteiger partial charge in [0.05, 0.1) is 0 Å². The quantitative estimate of drug-likeness (QED) is 0.802. The molecule has 0 aliphatic heterocycles. The summed E-state index contributed by atoms with van der Waals surface area (Å²) in [5.74, 6) is 1.37. The predicted octanol–water partition coefficient (Wildman–Crippen LogP) is 3.19. The first kappa shape index (κ1) is 10.7. The largest absolute Gasteiger partial charge is 0.330 e.